The first kappa shape index (κ1) is 9.80. The maximum Gasteiger partial charge on any atom is 0.135 e. The summed E-state index contributed by atoms with van der Waals surface area (Å²) in [5, 5.41) is 3.24. The molecule has 0 saturated carbocycles. The third-order valence-corrected chi connectivity index (χ3v) is 3.39. The summed E-state index contributed by atoms with van der Waals surface area (Å²) in [6.45, 7) is 4.72. The molecular weight excluding hydrogens is 196 g/mol. The van der Waals surface area contributed by atoms with E-state index in [0.717, 1.165) is 30.3 Å². The Morgan fingerprint density at radius 1 is 1.50 bits per heavy atom. The van der Waals surface area contributed by atoms with Crippen LogP contribution in [0.3, 0.4) is 0 Å². The van der Waals surface area contributed by atoms with Gasteiger partial charge in [-0.05, 0) is 6.92 Å². The summed E-state index contributed by atoms with van der Waals surface area (Å²) < 4.78 is 0. The smallest absolute Gasteiger partial charge is 0.135 e. The number of aryl methyl sites for hydroxylation is 1. The predicted octanol–water partition coefficient (Wildman–Crippen LogP) is 1.62. The summed E-state index contributed by atoms with van der Waals surface area (Å²) >= 11 is 1.71. The number of hydrogen-bond donors (Lipinski definition) is 0. The van der Waals surface area contributed by atoms with Crippen molar-refractivity contribution in [3.8, 4) is 0 Å². The van der Waals surface area contributed by atoms with Crippen LogP contribution in [0.5, 0.6) is 0 Å². The van der Waals surface area contributed by atoms with E-state index in [0.29, 0.717) is 18.6 Å². The zero-order valence-corrected chi connectivity index (χ0v) is 9.14. The number of hydrogen-bond acceptors (Lipinski definition) is 4. The second-order valence-corrected chi connectivity index (χ2v) is 4.64. The van der Waals surface area contributed by atoms with Crippen molar-refractivity contribution >= 4 is 17.1 Å². The van der Waals surface area contributed by atoms with Gasteiger partial charge in [0.05, 0.1) is 6.54 Å². The van der Waals surface area contributed by atoms with E-state index in [2.05, 4.69) is 15.3 Å². The van der Waals surface area contributed by atoms with Gasteiger partial charge in [-0.1, -0.05) is 0 Å². The van der Waals surface area contributed by atoms with Crippen LogP contribution in [0.2, 0.25) is 0 Å². The lowest BCUT2D eigenvalue weighted by molar-refractivity contribution is -0.121. The first-order valence-electron chi connectivity index (χ1n) is 4.89. The van der Waals surface area contributed by atoms with E-state index < -0.39 is 0 Å². The van der Waals surface area contributed by atoms with Crippen LogP contribution in [0.15, 0.2) is 5.38 Å². The number of carbonyl (C=O) groups excluding carboxylic acids is 1. The minimum absolute atomic E-state index is 0.400. The summed E-state index contributed by atoms with van der Waals surface area (Å²) in [5.41, 5.74) is 1.10. The van der Waals surface area contributed by atoms with Crippen LogP contribution >= 0.6 is 11.3 Å². The lowest BCUT2D eigenvalue weighted by Gasteiger charge is -2.24. The summed E-state index contributed by atoms with van der Waals surface area (Å²) in [4.78, 5) is 17.7. The van der Waals surface area contributed by atoms with E-state index in [1.807, 2.05) is 6.92 Å². The molecule has 0 spiro atoms. The molecule has 14 heavy (non-hydrogen) atoms. The van der Waals surface area contributed by atoms with Gasteiger partial charge in [-0.25, -0.2) is 4.98 Å². The molecule has 1 fully saturated rings. The van der Waals surface area contributed by atoms with Gasteiger partial charge in [0.2, 0.25) is 0 Å². The summed E-state index contributed by atoms with van der Waals surface area (Å²) in [6.07, 6.45) is 1.43. The largest absolute Gasteiger partial charge is 0.300 e. The Kier molecular flexibility index (Phi) is 2.93. The summed E-state index contributed by atoms with van der Waals surface area (Å²) in [7, 11) is 0. The van der Waals surface area contributed by atoms with Gasteiger partial charge in [-0.3, -0.25) is 9.69 Å². The van der Waals surface area contributed by atoms with E-state index in [-0.39, 0.29) is 0 Å². The molecule has 0 radical (unpaired) electrons. The minimum atomic E-state index is 0.400. The molecule has 0 atom stereocenters. The number of likely N-dealkylation sites (tertiary alicyclic amines) is 1. The van der Waals surface area contributed by atoms with Crippen molar-refractivity contribution in [3.05, 3.63) is 16.1 Å². The highest BCUT2D eigenvalue weighted by Crippen LogP contribution is 2.14. The Hall–Kier alpha value is -0.740. The molecule has 1 aromatic rings. The molecule has 1 aliphatic rings. The standard InChI is InChI=1S/C10H14N2OS/c1-8-7-14-10(11-8)6-12-4-2-9(13)3-5-12/h7H,2-6H2,1H3. The van der Waals surface area contributed by atoms with Crippen molar-refractivity contribution in [1.82, 2.24) is 9.88 Å². The number of rotatable bonds is 2. The molecule has 0 unspecified atom stereocenters. The van der Waals surface area contributed by atoms with E-state index in [4.69, 9.17) is 0 Å². The Morgan fingerprint density at radius 3 is 2.79 bits per heavy atom. The lowest BCUT2D eigenvalue weighted by atomic mass is 10.1. The molecule has 0 aromatic carbocycles. The van der Waals surface area contributed by atoms with Crippen LogP contribution in [0.1, 0.15) is 23.5 Å². The minimum Gasteiger partial charge on any atom is -0.300 e. The molecule has 1 aliphatic heterocycles. The Balaban J connectivity index is 1.89. The molecule has 4 heteroatoms. The van der Waals surface area contributed by atoms with E-state index in [1.54, 1.807) is 11.3 Å². The normalized spacial score (nSPS) is 18.8. The fraction of sp³-hybridized carbons (Fsp3) is 0.600. The van der Waals surface area contributed by atoms with Crippen molar-refractivity contribution < 1.29 is 4.79 Å². The summed E-state index contributed by atoms with van der Waals surface area (Å²) in [5.74, 6) is 0.400. The Morgan fingerprint density at radius 2 is 2.21 bits per heavy atom. The van der Waals surface area contributed by atoms with Crippen molar-refractivity contribution in [3.63, 3.8) is 0 Å². The van der Waals surface area contributed by atoms with E-state index in [1.165, 1.54) is 0 Å². The average Bonchev–Trinajstić information content (AvgIpc) is 2.56. The number of piperidine rings is 1. The molecule has 2 heterocycles. The van der Waals surface area contributed by atoms with E-state index in [9.17, 15) is 4.79 Å². The number of Topliss-reactive ketones (excluding diaryl/α,β-unsaturated/α-hetero) is 1. The van der Waals surface area contributed by atoms with Gasteiger partial charge < -0.3 is 0 Å². The molecule has 0 N–H and O–H groups in total. The highest BCUT2D eigenvalue weighted by molar-refractivity contribution is 7.09. The van der Waals surface area contributed by atoms with Crippen molar-refractivity contribution in [1.29, 1.82) is 0 Å². The highest BCUT2D eigenvalue weighted by Gasteiger charge is 2.16. The van der Waals surface area contributed by atoms with E-state index >= 15 is 0 Å². The van der Waals surface area contributed by atoms with Crippen LogP contribution in [0.25, 0.3) is 0 Å². The van der Waals surface area contributed by atoms with Gasteiger partial charge in [0.1, 0.15) is 10.8 Å². The second-order valence-electron chi connectivity index (χ2n) is 3.70. The van der Waals surface area contributed by atoms with Crippen LogP contribution in [0.4, 0.5) is 0 Å². The zero-order valence-electron chi connectivity index (χ0n) is 8.32. The molecule has 0 bridgehead atoms. The summed E-state index contributed by atoms with van der Waals surface area (Å²) in [6, 6.07) is 0. The average molecular weight is 210 g/mol. The number of ketones is 1. The molecule has 0 amide bonds. The number of aromatic nitrogens is 1. The van der Waals surface area contributed by atoms with Gasteiger partial charge in [0.15, 0.2) is 0 Å². The molecular formula is C10H14N2OS. The van der Waals surface area contributed by atoms with Crippen LogP contribution < -0.4 is 0 Å². The van der Waals surface area contributed by atoms with Crippen molar-refractivity contribution in [2.45, 2.75) is 26.3 Å². The number of carbonyl (C=O) groups is 1. The maximum atomic E-state index is 11.0. The Bertz CT molecular complexity index is 325. The van der Waals surface area contributed by atoms with Crippen LogP contribution in [-0.4, -0.2) is 28.8 Å². The monoisotopic (exact) mass is 210 g/mol. The molecule has 76 valence electrons. The zero-order chi connectivity index (χ0) is 9.97. The van der Waals surface area contributed by atoms with Crippen molar-refractivity contribution in [2.24, 2.45) is 0 Å². The van der Waals surface area contributed by atoms with Gasteiger partial charge in [-0.2, -0.15) is 0 Å². The first-order chi connectivity index (χ1) is 6.74. The number of thiazole rings is 1. The molecule has 2 rings (SSSR count). The lowest BCUT2D eigenvalue weighted by Crippen LogP contribution is -2.33. The maximum absolute atomic E-state index is 11.0. The SMILES string of the molecule is Cc1csc(CN2CCC(=O)CC2)n1. The quantitative estimate of drug-likeness (QED) is 0.743. The van der Waals surface area contributed by atoms with Gasteiger partial charge in [0.25, 0.3) is 0 Å². The molecule has 1 aromatic heterocycles. The fourth-order valence-electron chi connectivity index (χ4n) is 1.63. The number of nitrogens with zero attached hydrogens (tertiary/aromatic N) is 2. The third kappa shape index (κ3) is 2.39. The second kappa shape index (κ2) is 4.19. The Labute approximate surface area is 87.8 Å². The third-order valence-electron chi connectivity index (χ3n) is 2.44. The van der Waals surface area contributed by atoms with Gasteiger partial charge in [0, 0.05) is 37.0 Å². The van der Waals surface area contributed by atoms with Gasteiger partial charge >= 0.3 is 0 Å². The van der Waals surface area contributed by atoms with Gasteiger partial charge in [-0.15, -0.1) is 11.3 Å². The topological polar surface area (TPSA) is 33.2 Å². The molecule has 1 saturated heterocycles. The molecule has 0 aliphatic carbocycles. The molecule has 3 nitrogen and oxygen atoms in total. The fourth-order valence-corrected chi connectivity index (χ4v) is 2.44. The predicted molar refractivity (Wildman–Crippen MR) is 56.4 cm³/mol. The first-order valence-corrected chi connectivity index (χ1v) is 5.77. The van der Waals surface area contributed by atoms with Crippen LogP contribution in [-0.2, 0) is 11.3 Å². The van der Waals surface area contributed by atoms with Crippen LogP contribution in [0, 0.1) is 6.92 Å². The van der Waals surface area contributed by atoms with Crippen molar-refractivity contribution in [2.75, 3.05) is 13.1 Å². The highest BCUT2D eigenvalue weighted by atomic mass is 32.1.